The van der Waals surface area contributed by atoms with E-state index in [4.69, 9.17) is 9.15 Å². The van der Waals surface area contributed by atoms with Crippen molar-refractivity contribution in [2.24, 2.45) is 0 Å². The van der Waals surface area contributed by atoms with Crippen molar-refractivity contribution in [3.05, 3.63) is 47.9 Å². The van der Waals surface area contributed by atoms with E-state index in [9.17, 15) is 4.79 Å². The summed E-state index contributed by atoms with van der Waals surface area (Å²) in [5, 5.41) is 0. The van der Waals surface area contributed by atoms with Gasteiger partial charge in [0.15, 0.2) is 5.76 Å². The highest BCUT2D eigenvalue weighted by Gasteiger charge is 2.27. The summed E-state index contributed by atoms with van der Waals surface area (Å²) in [4.78, 5) is 16.5. The predicted octanol–water partition coefficient (Wildman–Crippen LogP) is 3.20. The molecule has 0 spiro atoms. The zero-order valence-corrected chi connectivity index (χ0v) is 14.5. The number of furan rings is 1. The largest absolute Gasteiger partial charge is 0.485 e. The number of nitrogens with zero attached hydrogens (tertiary/aromatic N) is 2. The van der Waals surface area contributed by atoms with Crippen LogP contribution in [0.3, 0.4) is 0 Å². The van der Waals surface area contributed by atoms with E-state index in [1.807, 2.05) is 31.2 Å². The number of ether oxygens (including phenoxy) is 1. The fraction of sp³-hybridized carbons (Fsp3) is 0.421. The topological polar surface area (TPSA) is 45.9 Å². The van der Waals surface area contributed by atoms with Crippen LogP contribution >= 0.6 is 0 Å². The number of anilines is 1. The van der Waals surface area contributed by atoms with Crippen molar-refractivity contribution in [3.63, 3.8) is 0 Å². The Bertz CT molecular complexity index is 710. The Labute approximate surface area is 142 Å². The third-order valence-corrected chi connectivity index (χ3v) is 4.35. The second kappa shape index (κ2) is 6.99. The number of hydrogen-bond donors (Lipinski definition) is 0. The van der Waals surface area contributed by atoms with Crippen LogP contribution in [0.15, 0.2) is 40.8 Å². The molecule has 2 heterocycles. The Morgan fingerprint density at radius 3 is 2.75 bits per heavy atom. The molecule has 0 saturated carbocycles. The first-order valence-electron chi connectivity index (χ1n) is 8.47. The number of hydrogen-bond acceptors (Lipinski definition) is 4. The lowest BCUT2D eigenvalue weighted by atomic mass is 10.2. The molecule has 5 heteroatoms. The van der Waals surface area contributed by atoms with Crippen molar-refractivity contribution in [3.8, 4) is 5.75 Å². The Morgan fingerprint density at radius 1 is 1.25 bits per heavy atom. The lowest BCUT2D eigenvalue weighted by Gasteiger charge is -2.37. The monoisotopic (exact) mass is 328 g/mol. The van der Waals surface area contributed by atoms with Crippen LogP contribution < -0.4 is 9.64 Å². The number of fused-ring (bicyclic) bond motifs is 1. The smallest absolute Gasteiger partial charge is 0.289 e. The van der Waals surface area contributed by atoms with Crippen LogP contribution in [0.5, 0.6) is 5.75 Å². The molecule has 3 rings (SSSR count). The van der Waals surface area contributed by atoms with Crippen molar-refractivity contribution in [2.75, 3.05) is 31.6 Å². The number of carbonyl (C=O) groups excluding carboxylic acids is 1. The highest BCUT2D eigenvalue weighted by atomic mass is 16.5. The minimum absolute atomic E-state index is 0.0607. The van der Waals surface area contributed by atoms with Gasteiger partial charge in [0.25, 0.3) is 5.91 Å². The van der Waals surface area contributed by atoms with Gasteiger partial charge in [0.05, 0.1) is 18.8 Å². The van der Waals surface area contributed by atoms with Gasteiger partial charge in [-0.15, -0.1) is 0 Å². The summed E-state index contributed by atoms with van der Waals surface area (Å²) < 4.78 is 11.6. The molecule has 0 N–H and O–H groups in total. The number of likely N-dealkylation sites (N-methyl/N-ethyl adjacent to an activating group) is 2. The van der Waals surface area contributed by atoms with E-state index in [0.29, 0.717) is 12.3 Å². The lowest BCUT2D eigenvalue weighted by molar-refractivity contribution is 0.0678. The summed E-state index contributed by atoms with van der Waals surface area (Å²) in [5.41, 5.74) is 1.11. The molecule has 5 nitrogen and oxygen atoms in total. The van der Waals surface area contributed by atoms with Crippen molar-refractivity contribution < 1.29 is 13.9 Å². The molecule has 0 aliphatic carbocycles. The number of carbonyl (C=O) groups is 1. The number of benzene rings is 1. The third-order valence-electron chi connectivity index (χ3n) is 4.35. The first-order valence-corrected chi connectivity index (χ1v) is 8.47. The van der Waals surface area contributed by atoms with Gasteiger partial charge in [0.1, 0.15) is 17.6 Å². The second-order valence-electron chi connectivity index (χ2n) is 6.05. The van der Waals surface area contributed by atoms with Gasteiger partial charge in [-0.05, 0) is 31.2 Å². The average molecular weight is 328 g/mol. The maximum absolute atomic E-state index is 12.5. The molecule has 1 amide bonds. The van der Waals surface area contributed by atoms with Gasteiger partial charge in [-0.1, -0.05) is 19.1 Å². The fourth-order valence-electron chi connectivity index (χ4n) is 3.03. The number of rotatable bonds is 5. The number of amides is 1. The maximum Gasteiger partial charge on any atom is 0.289 e. The van der Waals surface area contributed by atoms with E-state index < -0.39 is 0 Å². The van der Waals surface area contributed by atoms with Crippen LogP contribution in [-0.2, 0) is 6.42 Å². The molecule has 0 radical (unpaired) electrons. The number of aryl methyl sites for hydroxylation is 1. The standard InChI is InChI=1S/C19H24N2O3/c1-4-14-10-11-18(23-14)19(22)20(3)12-15-13-21(5-2)16-8-6-7-9-17(16)24-15/h6-11,15H,4-5,12-13H2,1-3H3/t15-/m0/s1. The van der Waals surface area contributed by atoms with Gasteiger partial charge in [-0.3, -0.25) is 4.79 Å². The minimum Gasteiger partial charge on any atom is -0.485 e. The van der Waals surface area contributed by atoms with Crippen molar-refractivity contribution in [1.82, 2.24) is 4.90 Å². The van der Waals surface area contributed by atoms with Crippen LogP contribution in [0.4, 0.5) is 5.69 Å². The van der Waals surface area contributed by atoms with E-state index >= 15 is 0 Å². The normalized spacial score (nSPS) is 16.5. The van der Waals surface area contributed by atoms with Crippen LogP contribution in [0.2, 0.25) is 0 Å². The molecule has 1 atom stereocenters. The lowest BCUT2D eigenvalue weighted by Crippen LogP contribution is -2.46. The molecule has 1 aromatic carbocycles. The zero-order valence-electron chi connectivity index (χ0n) is 14.5. The van der Waals surface area contributed by atoms with E-state index in [0.717, 1.165) is 36.7 Å². The molecule has 0 fully saturated rings. The number of para-hydroxylation sites is 2. The van der Waals surface area contributed by atoms with Crippen LogP contribution in [0.25, 0.3) is 0 Å². The van der Waals surface area contributed by atoms with E-state index in [1.165, 1.54) is 0 Å². The Balaban J connectivity index is 1.68. The predicted molar refractivity (Wildman–Crippen MR) is 93.8 cm³/mol. The zero-order chi connectivity index (χ0) is 17.1. The second-order valence-corrected chi connectivity index (χ2v) is 6.05. The SMILES string of the molecule is CCc1ccc(C(=O)N(C)C[C@H]2CN(CC)c3ccccc3O2)o1. The average Bonchev–Trinajstić information content (AvgIpc) is 3.09. The highest BCUT2D eigenvalue weighted by Crippen LogP contribution is 2.32. The van der Waals surface area contributed by atoms with Crippen LogP contribution in [0, 0.1) is 0 Å². The first kappa shape index (κ1) is 16.4. The maximum atomic E-state index is 12.5. The van der Waals surface area contributed by atoms with Gasteiger partial charge < -0.3 is 19.0 Å². The summed E-state index contributed by atoms with van der Waals surface area (Å²) in [6, 6.07) is 11.6. The fourth-order valence-corrected chi connectivity index (χ4v) is 3.03. The molecule has 128 valence electrons. The molecule has 1 aromatic heterocycles. The summed E-state index contributed by atoms with van der Waals surface area (Å²) >= 11 is 0. The van der Waals surface area contributed by atoms with Gasteiger partial charge in [-0.2, -0.15) is 0 Å². The molecule has 2 aromatic rings. The molecular weight excluding hydrogens is 304 g/mol. The molecular formula is C19H24N2O3. The Morgan fingerprint density at radius 2 is 2.04 bits per heavy atom. The summed E-state index contributed by atoms with van der Waals surface area (Å²) in [6.45, 7) is 6.33. The summed E-state index contributed by atoms with van der Waals surface area (Å²) in [6.07, 6.45) is 0.722. The van der Waals surface area contributed by atoms with Crippen LogP contribution in [-0.4, -0.2) is 43.6 Å². The summed E-state index contributed by atoms with van der Waals surface area (Å²) in [7, 11) is 1.79. The summed E-state index contributed by atoms with van der Waals surface area (Å²) in [5.74, 6) is 1.98. The van der Waals surface area contributed by atoms with Gasteiger partial charge in [0.2, 0.25) is 0 Å². The highest BCUT2D eigenvalue weighted by molar-refractivity contribution is 5.91. The minimum atomic E-state index is -0.111. The molecule has 1 aliphatic rings. The third kappa shape index (κ3) is 3.25. The van der Waals surface area contributed by atoms with E-state index in [1.54, 1.807) is 18.0 Å². The molecule has 0 unspecified atom stereocenters. The molecule has 24 heavy (non-hydrogen) atoms. The van der Waals surface area contributed by atoms with E-state index in [-0.39, 0.29) is 12.0 Å². The van der Waals surface area contributed by atoms with Crippen molar-refractivity contribution in [1.29, 1.82) is 0 Å². The van der Waals surface area contributed by atoms with Gasteiger partial charge in [0, 0.05) is 20.0 Å². The molecule has 0 saturated heterocycles. The molecule has 1 aliphatic heterocycles. The van der Waals surface area contributed by atoms with Gasteiger partial charge >= 0.3 is 0 Å². The molecule has 0 bridgehead atoms. The quantitative estimate of drug-likeness (QED) is 0.845. The van der Waals surface area contributed by atoms with Crippen molar-refractivity contribution >= 4 is 11.6 Å². The Hall–Kier alpha value is -2.43. The van der Waals surface area contributed by atoms with Crippen LogP contribution in [0.1, 0.15) is 30.2 Å². The van der Waals surface area contributed by atoms with Crippen molar-refractivity contribution in [2.45, 2.75) is 26.4 Å². The first-order chi connectivity index (χ1) is 11.6. The Kier molecular flexibility index (Phi) is 4.79. The van der Waals surface area contributed by atoms with E-state index in [2.05, 4.69) is 17.9 Å². The van der Waals surface area contributed by atoms with Gasteiger partial charge in [-0.25, -0.2) is 0 Å².